The van der Waals surface area contributed by atoms with E-state index < -0.39 is 198 Å². The SMILES string of the molecule is CCCCCCCOc1ccc(-c2ccc(C(=O)N[C@@H]3C[C@@H](O)[C@@H](O)NC(=O)[C@@H]4[C@@H](O)[C@@H](C)CN4C(=O)[C@H]([C@H](O)CC(N)=O)NC(=O)[C@H]([C@H](O)[C@@H](O)c4ccc(O)c(OS(=O)(=O)[O-])c4)NC(=O)[C@@H]4C[C@@H](O)CN4C(=O)C([C@@H](C)O)NC3=O)cc2)cc1.[Na+]. The second kappa shape index (κ2) is 31.5. The molecule has 1 unspecified atom stereocenters. The van der Waals surface area contributed by atoms with Gasteiger partial charge in [-0.05, 0) is 66.4 Å². The summed E-state index contributed by atoms with van der Waals surface area (Å²) in [5.41, 5.74) is 6.09. The van der Waals surface area contributed by atoms with Crippen LogP contribution >= 0.6 is 0 Å². The molecule has 3 saturated heterocycles. The number of phenols is 1. The van der Waals surface area contributed by atoms with Crippen LogP contribution in [0, 0.1) is 5.92 Å². The molecule has 0 aromatic heterocycles. The minimum absolute atomic E-state index is 0. The molecule has 3 aliphatic heterocycles. The van der Waals surface area contributed by atoms with E-state index in [1.165, 1.54) is 19.1 Å². The zero-order valence-electron chi connectivity index (χ0n) is 48.0. The molecule has 3 aromatic carbocycles. The first-order valence-corrected chi connectivity index (χ1v) is 29.0. The zero-order valence-corrected chi connectivity index (χ0v) is 50.8. The van der Waals surface area contributed by atoms with Crippen molar-refractivity contribution in [2.75, 3.05) is 19.7 Å². The summed E-state index contributed by atoms with van der Waals surface area (Å²) in [6.45, 7) is 3.79. The molecule has 6 rings (SSSR count). The van der Waals surface area contributed by atoms with Gasteiger partial charge in [-0.25, -0.2) is 8.42 Å². The monoisotopic (exact) mass is 1250 g/mol. The number of nitrogens with zero attached hydrogens (tertiary/aromatic N) is 2. The van der Waals surface area contributed by atoms with Crippen LogP contribution in [0.4, 0.5) is 0 Å². The molecule has 0 bridgehead atoms. The van der Waals surface area contributed by atoms with Crippen molar-refractivity contribution in [2.24, 2.45) is 11.7 Å². The number of nitrogens with two attached hydrogens (primary N) is 1. The van der Waals surface area contributed by atoms with Crippen molar-refractivity contribution in [3.05, 3.63) is 77.9 Å². The van der Waals surface area contributed by atoms with Crippen LogP contribution in [0.2, 0.25) is 0 Å². The van der Waals surface area contributed by atoms with Crippen molar-refractivity contribution in [3.8, 4) is 28.4 Å². The number of ether oxygens (including phenoxy) is 1. The van der Waals surface area contributed by atoms with Gasteiger partial charge >= 0.3 is 29.6 Å². The number of rotatable bonds is 19. The predicted molar refractivity (Wildman–Crippen MR) is 296 cm³/mol. The van der Waals surface area contributed by atoms with E-state index in [4.69, 9.17) is 10.5 Å². The average Bonchev–Trinajstić information content (AvgIpc) is 2.40. The maximum Gasteiger partial charge on any atom is 1.00 e. The zero-order chi connectivity index (χ0) is 63.5. The van der Waals surface area contributed by atoms with E-state index in [1.54, 1.807) is 24.3 Å². The van der Waals surface area contributed by atoms with Gasteiger partial charge in [0.15, 0.2) is 17.7 Å². The minimum atomic E-state index is -5.60. The number of nitrogens with one attached hydrogen (secondary N) is 5. The van der Waals surface area contributed by atoms with E-state index in [1.807, 2.05) is 22.8 Å². The number of unbranched alkanes of at least 4 members (excludes halogenated alkanes) is 4. The first kappa shape index (κ1) is 71.2. The van der Waals surface area contributed by atoms with E-state index in [0.717, 1.165) is 50.7 Å². The van der Waals surface area contributed by atoms with Crippen molar-refractivity contribution in [1.82, 2.24) is 36.4 Å². The van der Waals surface area contributed by atoms with Gasteiger partial charge in [0.25, 0.3) is 16.3 Å². The first-order valence-electron chi connectivity index (χ1n) is 27.7. The van der Waals surface area contributed by atoms with Gasteiger partial charge in [-0.2, -0.15) is 0 Å². The van der Waals surface area contributed by atoms with Gasteiger partial charge in [-0.3, -0.25) is 38.4 Å². The maximum atomic E-state index is 14.6. The molecule has 16 N–H and O–H groups in total. The quantitative estimate of drug-likeness (QED) is 0.0229. The van der Waals surface area contributed by atoms with Gasteiger partial charge in [0.2, 0.25) is 41.4 Å². The molecule has 87 heavy (non-hydrogen) atoms. The summed E-state index contributed by atoms with van der Waals surface area (Å²) in [6, 6.07) is 2.25. The molecule has 0 spiro atoms. The summed E-state index contributed by atoms with van der Waals surface area (Å²) >= 11 is 0. The van der Waals surface area contributed by atoms with Crippen molar-refractivity contribution in [2.45, 2.75) is 157 Å². The standard InChI is InChI=1S/C55H74N8O22S.Na/c1-4-5-6-7-8-19-84-33-16-13-29(14-17-33)28-9-11-30(12-10-28)48(73)57-34-22-38(68)51(76)61-53(78)44-45(70)26(2)24-63(44)55(80)42(37(67)23-40(56)69)59-52(77)43(47(72)46(71)31-15-18-36(66)39(20-31)85-86(81,82)83)60-50(75)35-21-32(65)25-62(35)54(79)41(27(3)64)58-49(34)74;/h9-18,20,26-27,32,34-35,37-38,41-47,51,64-68,70-72,76H,4-8,19,21-25H2,1-3H3,(H2,56,69)(H,57,73)(H,58,74)(H,59,77)(H,60,75)(H,61,78)(H,81,82,83);/q;+1/p-1/t26-,27+,32+,34+,35-,37+,38+,41?,42-,43-,44-,45-,46-,47-,51+;/m0./s1. The summed E-state index contributed by atoms with van der Waals surface area (Å²) in [4.78, 5) is 114. The molecule has 8 amide bonds. The van der Waals surface area contributed by atoms with Crippen LogP contribution in [0.1, 0.15) is 94.2 Å². The van der Waals surface area contributed by atoms with Gasteiger partial charge in [0.1, 0.15) is 60.3 Å². The van der Waals surface area contributed by atoms with Crippen LogP contribution in [0.3, 0.4) is 0 Å². The summed E-state index contributed by atoms with van der Waals surface area (Å²) < 4.78 is 44.4. The number of aromatic hydroxyl groups is 1. The Morgan fingerprint density at radius 2 is 1.36 bits per heavy atom. The summed E-state index contributed by atoms with van der Waals surface area (Å²) in [6.07, 6.45) is -14.8. The Bertz CT molecular complexity index is 3040. The topological polar surface area (TPSA) is 487 Å². The predicted octanol–water partition coefficient (Wildman–Crippen LogP) is -7.12. The maximum absolute atomic E-state index is 14.6. The Kier molecular flexibility index (Phi) is 25.8. The fourth-order valence-corrected chi connectivity index (χ4v) is 10.6. The number of hydrogen-bond donors (Lipinski definition) is 15. The fourth-order valence-electron chi connectivity index (χ4n) is 10.2. The van der Waals surface area contributed by atoms with Gasteiger partial charge in [0.05, 0.1) is 37.4 Å². The van der Waals surface area contributed by atoms with Crippen LogP contribution in [0.15, 0.2) is 66.7 Å². The van der Waals surface area contributed by atoms with Crippen molar-refractivity contribution in [1.29, 1.82) is 0 Å². The molecule has 3 fully saturated rings. The number of benzene rings is 3. The number of carbonyl (C=O) groups is 8. The number of fused-ring (bicyclic) bond motifs is 2. The molecule has 3 aliphatic rings. The van der Waals surface area contributed by atoms with Crippen molar-refractivity contribution >= 4 is 57.7 Å². The van der Waals surface area contributed by atoms with E-state index in [9.17, 15) is 97.3 Å². The van der Waals surface area contributed by atoms with Crippen LogP contribution in [-0.4, -0.2) is 215 Å². The van der Waals surface area contributed by atoms with Crippen LogP contribution < -0.4 is 70.8 Å². The number of hydrogen-bond acceptors (Lipinski definition) is 22. The molecule has 0 radical (unpaired) electrons. The number of primary amides is 1. The molecule has 0 aliphatic carbocycles. The molecule has 30 nitrogen and oxygen atoms in total. The van der Waals surface area contributed by atoms with Crippen LogP contribution in [0.5, 0.6) is 17.2 Å². The number of amides is 8. The molecule has 472 valence electrons. The normalized spacial score (nSPS) is 26.6. The van der Waals surface area contributed by atoms with Crippen molar-refractivity contribution < 1.29 is 136 Å². The second-order valence-corrected chi connectivity index (χ2v) is 22.5. The molecular formula is C55H73N8NaO22S. The Labute approximate surface area is 522 Å². The minimum Gasteiger partial charge on any atom is -0.716 e. The first-order chi connectivity index (χ1) is 40.5. The largest absolute Gasteiger partial charge is 1.00 e. The van der Waals surface area contributed by atoms with E-state index in [2.05, 4.69) is 27.1 Å². The van der Waals surface area contributed by atoms with Gasteiger partial charge in [0, 0.05) is 37.4 Å². The van der Waals surface area contributed by atoms with Crippen molar-refractivity contribution in [3.63, 3.8) is 0 Å². The smallest absolute Gasteiger partial charge is 0.716 e. The molecule has 15 atom stereocenters. The Morgan fingerprint density at radius 1 is 0.759 bits per heavy atom. The second-order valence-electron chi connectivity index (χ2n) is 21.5. The van der Waals surface area contributed by atoms with Gasteiger partial charge < -0.3 is 102 Å². The summed E-state index contributed by atoms with van der Waals surface area (Å²) in [5.74, 6) is -13.3. The van der Waals surface area contributed by atoms with Crippen LogP contribution in [0.25, 0.3) is 11.1 Å². The number of carbonyl (C=O) groups excluding carboxylic acids is 8. The van der Waals surface area contributed by atoms with E-state index in [-0.39, 0.29) is 35.1 Å². The number of aliphatic hydroxyl groups is 8. The number of aliphatic hydroxyl groups excluding tert-OH is 8. The third kappa shape index (κ3) is 18.7. The fraction of sp³-hybridized carbons (Fsp3) is 0.527. The molecule has 0 saturated carbocycles. The summed E-state index contributed by atoms with van der Waals surface area (Å²) in [5, 5.41) is 112. The third-order valence-corrected chi connectivity index (χ3v) is 15.3. The summed E-state index contributed by atoms with van der Waals surface area (Å²) in [7, 11) is -5.60. The Balaban J connectivity index is 0.0000138. The Morgan fingerprint density at radius 3 is 1.97 bits per heavy atom. The average molecular weight is 1250 g/mol. The number of phenolic OH excluding ortho intramolecular Hbond substituents is 1. The van der Waals surface area contributed by atoms with Crippen LogP contribution in [-0.2, 0) is 44.0 Å². The molecular weight excluding hydrogens is 1180 g/mol. The van der Waals surface area contributed by atoms with Gasteiger partial charge in [-0.15, -0.1) is 0 Å². The van der Waals surface area contributed by atoms with E-state index in [0.29, 0.717) is 39.9 Å². The third-order valence-electron chi connectivity index (χ3n) is 14.9. The molecule has 3 aromatic rings. The van der Waals surface area contributed by atoms with Gasteiger partial charge in [-0.1, -0.05) is 69.9 Å². The van der Waals surface area contributed by atoms with E-state index >= 15 is 0 Å². The molecule has 3 heterocycles. The molecule has 32 heteroatoms. The Hall–Kier alpha value is -6.59.